The second-order valence-corrected chi connectivity index (χ2v) is 12.6. The van der Waals surface area contributed by atoms with E-state index >= 15 is 0 Å². The molecule has 0 spiro atoms. The zero-order valence-corrected chi connectivity index (χ0v) is 29.2. The molecule has 256 valence electrons. The third-order valence-corrected chi connectivity index (χ3v) is 8.35. The first kappa shape index (κ1) is 42.3. The Morgan fingerprint density at radius 2 is 1.00 bits per heavy atom. The summed E-state index contributed by atoms with van der Waals surface area (Å²) in [6.07, 6.45) is 47.4. The minimum Gasteiger partial charge on any atom is -0.394 e. The second kappa shape index (κ2) is 35.8. The van der Waals surface area contributed by atoms with Gasteiger partial charge in [-0.05, 0) is 51.4 Å². The molecule has 2 unspecified atom stereocenters. The molecule has 0 radical (unpaired) electrons. The Bertz CT molecular complexity index is 711. The van der Waals surface area contributed by atoms with Crippen LogP contribution in [0.1, 0.15) is 181 Å². The van der Waals surface area contributed by atoms with E-state index in [1.54, 1.807) is 0 Å². The van der Waals surface area contributed by atoms with Gasteiger partial charge in [-0.3, -0.25) is 4.79 Å². The number of aliphatic hydroxyl groups is 2. The number of hydrogen-bond acceptors (Lipinski definition) is 3. The highest BCUT2D eigenvalue weighted by molar-refractivity contribution is 5.76. The van der Waals surface area contributed by atoms with Gasteiger partial charge in [0.2, 0.25) is 5.91 Å². The molecule has 0 aliphatic carbocycles. The van der Waals surface area contributed by atoms with E-state index in [1.165, 1.54) is 96.3 Å². The van der Waals surface area contributed by atoms with Crippen LogP contribution in [-0.4, -0.2) is 34.9 Å². The molecule has 0 fully saturated rings. The van der Waals surface area contributed by atoms with Crippen molar-refractivity contribution < 1.29 is 15.0 Å². The van der Waals surface area contributed by atoms with E-state index in [-0.39, 0.29) is 12.5 Å². The van der Waals surface area contributed by atoms with Crippen LogP contribution in [-0.2, 0) is 4.79 Å². The molecule has 4 nitrogen and oxygen atoms in total. The zero-order chi connectivity index (χ0) is 32.2. The average molecular weight is 616 g/mol. The molecule has 2 atom stereocenters. The van der Waals surface area contributed by atoms with Crippen LogP contribution in [0.2, 0.25) is 0 Å². The van der Waals surface area contributed by atoms with Gasteiger partial charge in [-0.1, -0.05) is 172 Å². The maximum atomic E-state index is 12.3. The topological polar surface area (TPSA) is 69.6 Å². The van der Waals surface area contributed by atoms with Crippen molar-refractivity contribution in [2.45, 2.75) is 193 Å². The van der Waals surface area contributed by atoms with Crippen molar-refractivity contribution in [3.8, 4) is 0 Å². The maximum Gasteiger partial charge on any atom is 0.220 e. The smallest absolute Gasteiger partial charge is 0.220 e. The van der Waals surface area contributed by atoms with Gasteiger partial charge in [0, 0.05) is 6.42 Å². The fourth-order valence-electron chi connectivity index (χ4n) is 5.47. The lowest BCUT2D eigenvalue weighted by Crippen LogP contribution is -2.45. The lowest BCUT2D eigenvalue weighted by molar-refractivity contribution is -0.123. The first-order valence-electron chi connectivity index (χ1n) is 18.8. The number of amides is 1. The van der Waals surface area contributed by atoms with Crippen molar-refractivity contribution in [1.29, 1.82) is 0 Å². The highest BCUT2D eigenvalue weighted by Gasteiger charge is 2.19. The number of allylic oxidation sites excluding steroid dienone is 8. The molecule has 0 rings (SSSR count). The summed E-state index contributed by atoms with van der Waals surface area (Å²) in [6, 6.07) is -0.558. The molecule has 0 aromatic rings. The number of aliphatic hydroxyl groups excluding tert-OH is 2. The van der Waals surface area contributed by atoms with E-state index in [0.717, 1.165) is 57.8 Å². The Morgan fingerprint density at radius 1 is 0.568 bits per heavy atom. The largest absolute Gasteiger partial charge is 0.394 e. The maximum absolute atomic E-state index is 12.3. The van der Waals surface area contributed by atoms with E-state index in [0.29, 0.717) is 12.8 Å². The Hall–Kier alpha value is -1.65. The van der Waals surface area contributed by atoms with Crippen LogP contribution in [0, 0.1) is 0 Å². The number of unbranched alkanes of at least 4 members (excludes halogenated alkanes) is 18. The molecule has 1 amide bonds. The molecule has 4 heteroatoms. The van der Waals surface area contributed by atoms with Crippen molar-refractivity contribution in [2.75, 3.05) is 6.61 Å². The van der Waals surface area contributed by atoms with E-state index in [9.17, 15) is 15.0 Å². The summed E-state index contributed by atoms with van der Waals surface area (Å²) < 4.78 is 0. The van der Waals surface area contributed by atoms with E-state index in [1.807, 2.05) is 0 Å². The van der Waals surface area contributed by atoms with Gasteiger partial charge in [-0.25, -0.2) is 0 Å². The fourth-order valence-corrected chi connectivity index (χ4v) is 5.47. The Labute approximate surface area is 274 Å². The summed E-state index contributed by atoms with van der Waals surface area (Å²) in [5.74, 6) is -0.0735. The van der Waals surface area contributed by atoms with Crippen LogP contribution in [0.15, 0.2) is 48.6 Å². The molecule has 0 aromatic heterocycles. The summed E-state index contributed by atoms with van der Waals surface area (Å²) in [6.45, 7) is 4.22. The molecule has 44 heavy (non-hydrogen) atoms. The van der Waals surface area contributed by atoms with Crippen molar-refractivity contribution in [3.63, 3.8) is 0 Å². The first-order valence-corrected chi connectivity index (χ1v) is 18.8. The van der Waals surface area contributed by atoms with Crippen LogP contribution in [0.25, 0.3) is 0 Å². The monoisotopic (exact) mass is 616 g/mol. The summed E-state index contributed by atoms with van der Waals surface area (Å²) in [4.78, 5) is 12.3. The van der Waals surface area contributed by atoms with Gasteiger partial charge in [-0.2, -0.15) is 0 Å². The summed E-state index contributed by atoms with van der Waals surface area (Å²) in [5, 5.41) is 23.0. The van der Waals surface area contributed by atoms with Crippen LogP contribution in [0.4, 0.5) is 0 Å². The predicted molar refractivity (Wildman–Crippen MR) is 193 cm³/mol. The number of rotatable bonds is 33. The molecule has 0 aromatic carbocycles. The van der Waals surface area contributed by atoms with Gasteiger partial charge in [0.15, 0.2) is 0 Å². The lowest BCUT2D eigenvalue weighted by atomic mass is 10.0. The molecule has 0 aliphatic heterocycles. The zero-order valence-electron chi connectivity index (χ0n) is 29.2. The molecular formula is C40H73NO3. The van der Waals surface area contributed by atoms with E-state index < -0.39 is 12.1 Å². The first-order chi connectivity index (χ1) is 21.7. The van der Waals surface area contributed by atoms with Gasteiger partial charge in [0.05, 0.1) is 18.8 Å². The third kappa shape index (κ3) is 31.8. The van der Waals surface area contributed by atoms with Gasteiger partial charge in [0.25, 0.3) is 0 Å². The summed E-state index contributed by atoms with van der Waals surface area (Å²) in [5.41, 5.74) is 0. The lowest BCUT2D eigenvalue weighted by Gasteiger charge is -2.22. The Morgan fingerprint density at radius 3 is 1.45 bits per heavy atom. The normalized spacial score (nSPS) is 13.6. The van der Waals surface area contributed by atoms with Crippen molar-refractivity contribution >= 4 is 5.91 Å². The van der Waals surface area contributed by atoms with Crippen LogP contribution in [0.5, 0.6) is 0 Å². The summed E-state index contributed by atoms with van der Waals surface area (Å²) >= 11 is 0. The van der Waals surface area contributed by atoms with Gasteiger partial charge in [0.1, 0.15) is 0 Å². The van der Waals surface area contributed by atoms with Crippen molar-refractivity contribution in [1.82, 2.24) is 5.32 Å². The highest BCUT2D eigenvalue weighted by atomic mass is 16.3. The van der Waals surface area contributed by atoms with Gasteiger partial charge in [-0.15, -0.1) is 0 Å². The quantitative estimate of drug-likeness (QED) is 0.0508. The molecule has 0 saturated heterocycles. The van der Waals surface area contributed by atoms with Gasteiger partial charge >= 0.3 is 0 Å². The van der Waals surface area contributed by atoms with Gasteiger partial charge < -0.3 is 15.5 Å². The SMILES string of the molecule is CC/C=C\C/C=C\C/C=C\C/C=C\CCCCC(=O)NC(CO)C(O)CCCCCCCCCCCCCCCCCCC. The number of carbonyl (C=O) groups excluding carboxylic acids is 1. The van der Waals surface area contributed by atoms with Crippen molar-refractivity contribution in [3.05, 3.63) is 48.6 Å². The standard InChI is InChI=1S/C40H73NO3/c1-3-5-7-9-11-13-15-17-19-20-22-23-25-27-29-31-33-35-39(43)38(37-42)41-40(44)36-34-32-30-28-26-24-21-18-16-14-12-10-8-6-4-2/h6,8,12,14,18,21,26,28,38-39,42-43H,3-5,7,9-11,13,15-17,19-20,22-25,27,29-37H2,1-2H3,(H,41,44)/b8-6-,14-12-,21-18-,28-26-. The molecular weight excluding hydrogens is 542 g/mol. The second-order valence-electron chi connectivity index (χ2n) is 12.6. The molecule has 3 N–H and O–H groups in total. The minimum absolute atomic E-state index is 0.0735. The average Bonchev–Trinajstić information content (AvgIpc) is 3.03. The Balaban J connectivity index is 3.64. The minimum atomic E-state index is -0.676. The fraction of sp³-hybridized carbons (Fsp3) is 0.775. The van der Waals surface area contributed by atoms with Crippen LogP contribution >= 0.6 is 0 Å². The number of carbonyl (C=O) groups is 1. The summed E-state index contributed by atoms with van der Waals surface area (Å²) in [7, 11) is 0. The molecule has 0 aliphatic rings. The highest BCUT2D eigenvalue weighted by Crippen LogP contribution is 2.15. The van der Waals surface area contributed by atoms with Crippen LogP contribution in [0.3, 0.4) is 0 Å². The molecule has 0 heterocycles. The molecule has 0 bridgehead atoms. The predicted octanol–water partition coefficient (Wildman–Crippen LogP) is 11.2. The number of nitrogens with one attached hydrogen (secondary N) is 1. The molecule has 0 saturated carbocycles. The van der Waals surface area contributed by atoms with E-state index in [2.05, 4.69) is 67.8 Å². The number of hydrogen-bond donors (Lipinski definition) is 3. The van der Waals surface area contributed by atoms with Crippen LogP contribution < -0.4 is 5.32 Å². The van der Waals surface area contributed by atoms with Crippen molar-refractivity contribution in [2.24, 2.45) is 0 Å². The third-order valence-electron chi connectivity index (χ3n) is 8.35. The Kier molecular flexibility index (Phi) is 34.5. The van der Waals surface area contributed by atoms with E-state index in [4.69, 9.17) is 0 Å².